The van der Waals surface area contributed by atoms with Gasteiger partial charge in [0.2, 0.25) is 0 Å². The number of ketones is 1. The molecular weight excluding hydrogens is 323 g/mol. The third-order valence-corrected chi connectivity index (χ3v) is 3.91. The van der Waals surface area contributed by atoms with E-state index in [0.29, 0.717) is 0 Å². The van der Waals surface area contributed by atoms with E-state index in [1.165, 1.54) is 11.1 Å². The van der Waals surface area contributed by atoms with Gasteiger partial charge in [-0.1, -0.05) is 30.3 Å². The van der Waals surface area contributed by atoms with Gasteiger partial charge >= 0.3 is 0 Å². The summed E-state index contributed by atoms with van der Waals surface area (Å²) in [6.45, 7) is 0. The summed E-state index contributed by atoms with van der Waals surface area (Å²) in [6, 6.07) is 14.1. The summed E-state index contributed by atoms with van der Waals surface area (Å²) >= 11 is 2.26. The minimum Gasteiger partial charge on any atom is -0.289 e. The molecule has 3 rings (SSSR count). The smallest absolute Gasteiger partial charge is 0.193 e. The van der Waals surface area contributed by atoms with Crippen molar-refractivity contribution in [1.82, 2.24) is 0 Å². The predicted molar refractivity (Wildman–Crippen MR) is 76.4 cm³/mol. The molecule has 17 heavy (non-hydrogen) atoms. The second kappa shape index (κ2) is 4.26. The van der Waals surface area contributed by atoms with Gasteiger partial charge in [0, 0.05) is 14.7 Å². The SMILES string of the molecule is O=C1c2ccccc2CCc2ccc(I)cc21. The molecule has 2 aromatic carbocycles. The maximum atomic E-state index is 12.5. The molecule has 0 aliphatic heterocycles. The molecule has 0 saturated carbocycles. The molecule has 84 valence electrons. The third-order valence-electron chi connectivity index (χ3n) is 3.24. The molecular formula is C15H11IO. The summed E-state index contributed by atoms with van der Waals surface area (Å²) < 4.78 is 1.12. The molecule has 0 amide bonds. The number of fused-ring (bicyclic) bond motifs is 2. The van der Waals surface area contributed by atoms with E-state index in [0.717, 1.165) is 27.5 Å². The second-order valence-corrected chi connectivity index (χ2v) is 5.53. The number of benzene rings is 2. The van der Waals surface area contributed by atoms with Gasteiger partial charge in [-0.2, -0.15) is 0 Å². The molecule has 0 unspecified atom stereocenters. The van der Waals surface area contributed by atoms with Crippen molar-refractivity contribution in [1.29, 1.82) is 0 Å². The van der Waals surface area contributed by atoms with E-state index in [1.807, 2.05) is 24.3 Å². The second-order valence-electron chi connectivity index (χ2n) is 4.29. The Morgan fingerprint density at radius 2 is 1.59 bits per heavy atom. The minimum absolute atomic E-state index is 0.173. The molecule has 0 spiro atoms. The van der Waals surface area contributed by atoms with Crippen molar-refractivity contribution in [3.63, 3.8) is 0 Å². The molecule has 2 aromatic rings. The largest absolute Gasteiger partial charge is 0.289 e. The van der Waals surface area contributed by atoms with E-state index in [2.05, 4.69) is 40.8 Å². The fourth-order valence-electron chi connectivity index (χ4n) is 2.35. The zero-order valence-electron chi connectivity index (χ0n) is 9.24. The number of hydrogen-bond donors (Lipinski definition) is 0. The Hall–Kier alpha value is -1.16. The van der Waals surface area contributed by atoms with Crippen LogP contribution in [0.5, 0.6) is 0 Å². The van der Waals surface area contributed by atoms with E-state index in [9.17, 15) is 4.79 Å². The lowest BCUT2D eigenvalue weighted by atomic mass is 9.99. The predicted octanol–water partition coefficient (Wildman–Crippen LogP) is 3.62. The van der Waals surface area contributed by atoms with E-state index >= 15 is 0 Å². The van der Waals surface area contributed by atoms with Crippen LogP contribution in [0.3, 0.4) is 0 Å². The molecule has 1 aliphatic carbocycles. The van der Waals surface area contributed by atoms with Crippen LogP contribution in [0.15, 0.2) is 42.5 Å². The maximum Gasteiger partial charge on any atom is 0.193 e. The number of rotatable bonds is 0. The molecule has 0 radical (unpaired) electrons. The van der Waals surface area contributed by atoms with Crippen molar-refractivity contribution in [3.05, 3.63) is 68.3 Å². The highest BCUT2D eigenvalue weighted by Crippen LogP contribution is 2.25. The van der Waals surface area contributed by atoms with Gasteiger partial charge in [-0.15, -0.1) is 0 Å². The van der Waals surface area contributed by atoms with Gasteiger partial charge in [-0.3, -0.25) is 4.79 Å². The standard InChI is InChI=1S/C15H11IO/c16-12-8-7-11-6-5-10-3-1-2-4-13(10)15(17)14(11)9-12/h1-4,7-9H,5-6H2. The minimum atomic E-state index is 0.173. The van der Waals surface area contributed by atoms with Crippen LogP contribution in [0, 0.1) is 3.57 Å². The van der Waals surface area contributed by atoms with E-state index in [-0.39, 0.29) is 5.78 Å². The van der Waals surface area contributed by atoms with Gasteiger partial charge in [0.15, 0.2) is 5.78 Å². The lowest BCUT2D eigenvalue weighted by Gasteiger charge is -2.05. The van der Waals surface area contributed by atoms with Crippen LogP contribution in [-0.2, 0) is 12.8 Å². The molecule has 0 saturated heterocycles. The molecule has 2 heteroatoms. The summed E-state index contributed by atoms with van der Waals surface area (Å²) in [5, 5.41) is 0. The summed E-state index contributed by atoms with van der Waals surface area (Å²) in [4.78, 5) is 12.5. The highest BCUT2D eigenvalue weighted by atomic mass is 127. The van der Waals surface area contributed by atoms with Gasteiger partial charge in [-0.05, 0) is 58.7 Å². The van der Waals surface area contributed by atoms with Crippen LogP contribution >= 0.6 is 22.6 Å². The molecule has 0 N–H and O–H groups in total. The van der Waals surface area contributed by atoms with Gasteiger partial charge < -0.3 is 0 Å². The van der Waals surface area contributed by atoms with Gasteiger partial charge in [0.1, 0.15) is 0 Å². The van der Waals surface area contributed by atoms with Crippen LogP contribution < -0.4 is 0 Å². The number of carbonyl (C=O) groups is 1. The topological polar surface area (TPSA) is 17.1 Å². The van der Waals surface area contributed by atoms with Crippen molar-refractivity contribution in [2.45, 2.75) is 12.8 Å². The normalized spacial score (nSPS) is 13.8. The van der Waals surface area contributed by atoms with Crippen molar-refractivity contribution >= 4 is 28.4 Å². The van der Waals surface area contributed by atoms with Crippen LogP contribution in [0.25, 0.3) is 0 Å². The molecule has 0 heterocycles. The number of halogens is 1. The highest BCUT2D eigenvalue weighted by Gasteiger charge is 2.20. The fourth-order valence-corrected chi connectivity index (χ4v) is 2.84. The average molecular weight is 334 g/mol. The van der Waals surface area contributed by atoms with Gasteiger partial charge in [0.25, 0.3) is 0 Å². The Labute approximate surface area is 114 Å². The summed E-state index contributed by atoms with van der Waals surface area (Å²) in [5.41, 5.74) is 4.09. The first-order valence-electron chi connectivity index (χ1n) is 5.67. The third kappa shape index (κ3) is 1.90. The summed E-state index contributed by atoms with van der Waals surface area (Å²) in [7, 11) is 0. The zero-order valence-corrected chi connectivity index (χ0v) is 11.4. The Morgan fingerprint density at radius 3 is 2.41 bits per heavy atom. The molecule has 0 fully saturated rings. The van der Waals surface area contributed by atoms with Crippen LogP contribution in [-0.4, -0.2) is 5.78 Å². The number of carbonyl (C=O) groups excluding carboxylic acids is 1. The van der Waals surface area contributed by atoms with Crippen molar-refractivity contribution in [3.8, 4) is 0 Å². The lowest BCUT2D eigenvalue weighted by molar-refractivity contribution is 0.103. The average Bonchev–Trinajstić information content (AvgIpc) is 2.49. The lowest BCUT2D eigenvalue weighted by Crippen LogP contribution is -2.04. The molecule has 0 bridgehead atoms. The van der Waals surface area contributed by atoms with Crippen LogP contribution in [0.4, 0.5) is 0 Å². The monoisotopic (exact) mass is 334 g/mol. The first kappa shape index (κ1) is 11.0. The van der Waals surface area contributed by atoms with Crippen LogP contribution in [0.1, 0.15) is 27.0 Å². The molecule has 0 aromatic heterocycles. The maximum absolute atomic E-state index is 12.5. The van der Waals surface area contributed by atoms with Gasteiger partial charge in [-0.25, -0.2) is 0 Å². The quantitative estimate of drug-likeness (QED) is 0.673. The Balaban J connectivity index is 2.22. The molecule has 1 aliphatic rings. The zero-order chi connectivity index (χ0) is 11.8. The number of hydrogen-bond acceptors (Lipinski definition) is 1. The van der Waals surface area contributed by atoms with Crippen molar-refractivity contribution in [2.75, 3.05) is 0 Å². The summed E-state index contributed by atoms with van der Waals surface area (Å²) in [6.07, 6.45) is 1.91. The molecule has 0 atom stereocenters. The van der Waals surface area contributed by atoms with E-state index in [4.69, 9.17) is 0 Å². The first-order valence-corrected chi connectivity index (χ1v) is 6.74. The fraction of sp³-hybridized carbons (Fsp3) is 0.133. The van der Waals surface area contributed by atoms with Gasteiger partial charge in [0.05, 0.1) is 0 Å². The Morgan fingerprint density at radius 1 is 0.882 bits per heavy atom. The van der Waals surface area contributed by atoms with E-state index < -0.39 is 0 Å². The summed E-state index contributed by atoms with van der Waals surface area (Å²) in [5.74, 6) is 0.173. The number of aryl methyl sites for hydroxylation is 2. The van der Waals surface area contributed by atoms with Crippen molar-refractivity contribution in [2.24, 2.45) is 0 Å². The van der Waals surface area contributed by atoms with Crippen molar-refractivity contribution < 1.29 is 4.79 Å². The van der Waals surface area contributed by atoms with E-state index in [1.54, 1.807) is 0 Å². The highest BCUT2D eigenvalue weighted by molar-refractivity contribution is 14.1. The molecule has 1 nitrogen and oxygen atoms in total. The Bertz CT molecular complexity index is 602. The Kier molecular flexibility index (Phi) is 2.74. The van der Waals surface area contributed by atoms with Crippen LogP contribution in [0.2, 0.25) is 0 Å². The first-order chi connectivity index (χ1) is 8.25.